The van der Waals surface area contributed by atoms with Crippen molar-refractivity contribution in [3.63, 3.8) is 0 Å². The van der Waals surface area contributed by atoms with Crippen molar-refractivity contribution in [1.29, 1.82) is 0 Å². The number of nitrogens with zero attached hydrogens (tertiary/aromatic N) is 1. The van der Waals surface area contributed by atoms with Gasteiger partial charge in [-0.15, -0.1) is 11.3 Å². The van der Waals surface area contributed by atoms with E-state index in [1.165, 1.54) is 18.4 Å². The third-order valence-corrected chi connectivity index (χ3v) is 4.50. The van der Waals surface area contributed by atoms with Crippen molar-refractivity contribution in [3.8, 4) is 0 Å². The number of thiophene rings is 1. The van der Waals surface area contributed by atoms with E-state index in [4.69, 9.17) is 0 Å². The number of rotatable bonds is 4. The highest BCUT2D eigenvalue weighted by Gasteiger charge is 2.28. The van der Waals surface area contributed by atoms with Gasteiger partial charge in [-0.25, -0.2) is 4.79 Å². The van der Waals surface area contributed by atoms with E-state index in [1.54, 1.807) is 11.4 Å². The summed E-state index contributed by atoms with van der Waals surface area (Å²) in [7, 11) is 1.31. The summed E-state index contributed by atoms with van der Waals surface area (Å²) in [6.07, 6.45) is 1.32. The van der Waals surface area contributed by atoms with Gasteiger partial charge in [0.25, 0.3) is 0 Å². The number of anilines is 1. The molecule has 0 bridgehead atoms. The van der Waals surface area contributed by atoms with Crippen LogP contribution in [0.3, 0.4) is 0 Å². The maximum Gasteiger partial charge on any atom is 0.350 e. The molecular formula is C14H20N2O4S. The molecule has 0 spiro atoms. The molecule has 0 saturated carbocycles. The quantitative estimate of drug-likeness (QED) is 0.820. The number of piperidine rings is 1. The van der Waals surface area contributed by atoms with E-state index in [0.29, 0.717) is 36.5 Å². The maximum absolute atomic E-state index is 12.0. The lowest BCUT2D eigenvalue weighted by atomic mass is 9.94. The minimum absolute atomic E-state index is 0.167. The molecule has 1 aliphatic rings. The Morgan fingerprint density at radius 1 is 1.48 bits per heavy atom. The lowest BCUT2D eigenvalue weighted by Gasteiger charge is -2.35. The zero-order valence-corrected chi connectivity index (χ0v) is 13.0. The zero-order valence-electron chi connectivity index (χ0n) is 12.2. The number of esters is 1. The van der Waals surface area contributed by atoms with Gasteiger partial charge in [-0.3, -0.25) is 9.69 Å². The van der Waals surface area contributed by atoms with E-state index in [-0.39, 0.29) is 12.5 Å². The molecule has 1 fully saturated rings. The van der Waals surface area contributed by atoms with Crippen LogP contribution in [0.1, 0.15) is 29.4 Å². The standard InChI is InChI=1S/C14H20N2O4S/c1-14(19)4-6-16(7-5-14)9-11(17)15-10-3-8-21-12(10)13(18)20-2/h3,8,19H,4-7,9H2,1-2H3,(H,15,17). The van der Waals surface area contributed by atoms with Crippen LogP contribution < -0.4 is 5.32 Å². The van der Waals surface area contributed by atoms with Crippen molar-refractivity contribution >= 4 is 28.9 Å². The van der Waals surface area contributed by atoms with Gasteiger partial charge in [0.15, 0.2) is 0 Å². The summed E-state index contributed by atoms with van der Waals surface area (Å²) in [5, 5.41) is 14.4. The van der Waals surface area contributed by atoms with Crippen molar-refractivity contribution in [3.05, 3.63) is 16.3 Å². The van der Waals surface area contributed by atoms with Crippen LogP contribution in [0, 0.1) is 0 Å². The normalized spacial score (nSPS) is 18.2. The molecule has 2 rings (SSSR count). The summed E-state index contributed by atoms with van der Waals surface area (Å²) in [4.78, 5) is 26.0. The second kappa shape index (κ2) is 6.55. The Morgan fingerprint density at radius 3 is 2.76 bits per heavy atom. The molecule has 0 radical (unpaired) electrons. The fourth-order valence-electron chi connectivity index (χ4n) is 2.24. The highest BCUT2D eigenvalue weighted by molar-refractivity contribution is 7.12. The Morgan fingerprint density at radius 2 is 2.14 bits per heavy atom. The van der Waals surface area contributed by atoms with Crippen LogP contribution in [-0.2, 0) is 9.53 Å². The summed E-state index contributed by atoms with van der Waals surface area (Å²) in [5.41, 5.74) is -0.140. The highest BCUT2D eigenvalue weighted by Crippen LogP contribution is 2.24. The molecule has 0 aromatic carbocycles. The third kappa shape index (κ3) is 4.26. The lowest BCUT2D eigenvalue weighted by molar-refractivity contribution is -0.118. The Balaban J connectivity index is 1.88. The molecule has 116 valence electrons. The van der Waals surface area contributed by atoms with Crippen molar-refractivity contribution < 1.29 is 19.4 Å². The smallest absolute Gasteiger partial charge is 0.350 e. The molecule has 21 heavy (non-hydrogen) atoms. The summed E-state index contributed by atoms with van der Waals surface area (Å²) in [5.74, 6) is -0.616. The van der Waals surface area contributed by atoms with Gasteiger partial charge in [0.05, 0.1) is 24.9 Å². The number of likely N-dealkylation sites (tertiary alicyclic amines) is 1. The molecule has 0 atom stereocenters. The first-order valence-corrected chi connectivity index (χ1v) is 7.70. The van der Waals surface area contributed by atoms with Gasteiger partial charge >= 0.3 is 5.97 Å². The SMILES string of the molecule is COC(=O)c1sccc1NC(=O)CN1CCC(C)(O)CC1. The predicted octanol–water partition coefficient (Wildman–Crippen LogP) is 1.32. The molecule has 1 amide bonds. The van der Waals surface area contributed by atoms with Gasteiger partial charge in [-0.05, 0) is 31.2 Å². The first-order chi connectivity index (χ1) is 9.91. The molecule has 6 nitrogen and oxygen atoms in total. The molecule has 7 heteroatoms. The number of amides is 1. The molecule has 1 saturated heterocycles. The van der Waals surface area contributed by atoms with Gasteiger partial charge < -0.3 is 15.2 Å². The fraction of sp³-hybridized carbons (Fsp3) is 0.571. The molecule has 0 unspecified atom stereocenters. The molecule has 2 heterocycles. The second-order valence-corrected chi connectivity index (χ2v) is 6.39. The number of aliphatic hydroxyl groups is 1. The number of hydrogen-bond acceptors (Lipinski definition) is 6. The molecule has 2 N–H and O–H groups in total. The van der Waals surface area contributed by atoms with E-state index >= 15 is 0 Å². The molecule has 0 aliphatic carbocycles. The van der Waals surface area contributed by atoms with Gasteiger partial charge in [-0.2, -0.15) is 0 Å². The van der Waals surface area contributed by atoms with Crippen molar-refractivity contribution in [2.75, 3.05) is 32.1 Å². The number of nitrogens with one attached hydrogen (secondary N) is 1. The minimum atomic E-state index is -0.627. The topological polar surface area (TPSA) is 78.9 Å². The first-order valence-electron chi connectivity index (χ1n) is 6.82. The van der Waals surface area contributed by atoms with Crippen LogP contribution in [0.25, 0.3) is 0 Å². The van der Waals surface area contributed by atoms with Gasteiger partial charge in [-0.1, -0.05) is 0 Å². The van der Waals surface area contributed by atoms with Crippen LogP contribution in [0.5, 0.6) is 0 Å². The second-order valence-electron chi connectivity index (χ2n) is 5.48. The predicted molar refractivity (Wildman–Crippen MR) is 80.6 cm³/mol. The zero-order chi connectivity index (χ0) is 15.5. The van der Waals surface area contributed by atoms with Crippen molar-refractivity contribution in [1.82, 2.24) is 4.90 Å². The Kier molecular flexibility index (Phi) is 4.97. The van der Waals surface area contributed by atoms with Gasteiger partial charge in [0, 0.05) is 13.1 Å². The minimum Gasteiger partial charge on any atom is -0.465 e. The van der Waals surface area contributed by atoms with Gasteiger partial charge in [0.2, 0.25) is 5.91 Å². The Labute approximate surface area is 127 Å². The van der Waals surface area contributed by atoms with Crippen LogP contribution in [0.2, 0.25) is 0 Å². The van der Waals surface area contributed by atoms with Crippen molar-refractivity contribution in [2.24, 2.45) is 0 Å². The third-order valence-electron chi connectivity index (χ3n) is 3.61. The van der Waals surface area contributed by atoms with Gasteiger partial charge in [0.1, 0.15) is 4.88 Å². The average Bonchev–Trinajstić information content (AvgIpc) is 2.88. The van der Waals surface area contributed by atoms with E-state index < -0.39 is 11.6 Å². The average molecular weight is 312 g/mol. The molecule has 1 aliphatic heterocycles. The van der Waals surface area contributed by atoms with Crippen LogP contribution in [-0.4, -0.2) is 54.2 Å². The van der Waals surface area contributed by atoms with Crippen LogP contribution in [0.15, 0.2) is 11.4 Å². The largest absolute Gasteiger partial charge is 0.465 e. The summed E-state index contributed by atoms with van der Waals surface area (Å²) in [6.45, 7) is 3.45. The highest BCUT2D eigenvalue weighted by atomic mass is 32.1. The van der Waals surface area contributed by atoms with E-state index in [0.717, 1.165) is 0 Å². The summed E-state index contributed by atoms with van der Waals surface area (Å²) >= 11 is 1.23. The Hall–Kier alpha value is -1.44. The fourth-order valence-corrected chi connectivity index (χ4v) is 3.01. The van der Waals surface area contributed by atoms with E-state index in [9.17, 15) is 14.7 Å². The number of methoxy groups -OCH3 is 1. The molecule has 1 aromatic heterocycles. The van der Waals surface area contributed by atoms with E-state index in [2.05, 4.69) is 10.1 Å². The monoisotopic (exact) mass is 312 g/mol. The van der Waals surface area contributed by atoms with E-state index in [1.807, 2.05) is 11.8 Å². The lowest BCUT2D eigenvalue weighted by Crippen LogP contribution is -2.45. The molecular weight excluding hydrogens is 292 g/mol. The van der Waals surface area contributed by atoms with Crippen LogP contribution in [0.4, 0.5) is 5.69 Å². The number of carbonyl (C=O) groups excluding carboxylic acids is 2. The Bertz CT molecular complexity index is 517. The summed E-state index contributed by atoms with van der Waals surface area (Å²) < 4.78 is 4.67. The van der Waals surface area contributed by atoms with Crippen LogP contribution >= 0.6 is 11.3 Å². The maximum atomic E-state index is 12.0. The van der Waals surface area contributed by atoms with Crippen molar-refractivity contribution in [2.45, 2.75) is 25.4 Å². The number of ether oxygens (including phenoxy) is 1. The number of carbonyl (C=O) groups is 2. The first kappa shape index (κ1) is 15.9. The summed E-state index contributed by atoms with van der Waals surface area (Å²) in [6, 6.07) is 1.69. The molecule has 1 aromatic rings. The number of hydrogen-bond donors (Lipinski definition) is 2.